The van der Waals surface area contributed by atoms with E-state index >= 15 is 0 Å². The van der Waals surface area contributed by atoms with Crippen LogP contribution in [0.2, 0.25) is 0 Å². The molecule has 0 fully saturated rings. The number of rotatable bonds is 4. The van der Waals surface area contributed by atoms with Crippen molar-refractivity contribution in [2.24, 2.45) is 0 Å². The Labute approximate surface area is 127 Å². The molecule has 2 N–H and O–H groups in total. The van der Waals surface area contributed by atoms with Gasteiger partial charge in [-0.3, -0.25) is 4.79 Å². The molecule has 1 amide bonds. The third-order valence-corrected chi connectivity index (χ3v) is 3.94. The summed E-state index contributed by atoms with van der Waals surface area (Å²) in [7, 11) is 0. The molecule has 102 valence electrons. The van der Waals surface area contributed by atoms with Gasteiger partial charge in [-0.1, -0.05) is 6.07 Å². The predicted molar refractivity (Wildman–Crippen MR) is 83.1 cm³/mol. The molecular formula is C14H10BrNO3S. The molecule has 4 nitrogen and oxygen atoms in total. The van der Waals surface area contributed by atoms with Crippen LogP contribution in [0.3, 0.4) is 0 Å². The molecule has 0 unspecified atom stereocenters. The van der Waals surface area contributed by atoms with Crippen molar-refractivity contribution in [1.29, 1.82) is 0 Å². The maximum absolute atomic E-state index is 11.8. The molecule has 0 radical (unpaired) electrons. The number of halogens is 1. The van der Waals surface area contributed by atoms with Crippen LogP contribution in [0, 0.1) is 0 Å². The van der Waals surface area contributed by atoms with Gasteiger partial charge in [0.15, 0.2) is 0 Å². The number of carbonyl (C=O) groups is 2. The van der Waals surface area contributed by atoms with Crippen molar-refractivity contribution < 1.29 is 14.7 Å². The van der Waals surface area contributed by atoms with Crippen LogP contribution in [0.1, 0.15) is 15.2 Å². The van der Waals surface area contributed by atoms with E-state index in [1.165, 1.54) is 29.5 Å². The number of anilines is 1. The Balaban J connectivity index is 2.11. The summed E-state index contributed by atoms with van der Waals surface area (Å²) in [4.78, 5) is 23.6. The van der Waals surface area contributed by atoms with Crippen molar-refractivity contribution >= 4 is 50.9 Å². The molecule has 0 atom stereocenters. The Bertz CT molecular complexity index is 665. The number of carbonyl (C=O) groups excluding carboxylic acids is 1. The number of carboxylic acid groups (broad SMARTS) is 1. The topological polar surface area (TPSA) is 66.4 Å². The first-order valence-corrected chi connectivity index (χ1v) is 7.29. The lowest BCUT2D eigenvalue weighted by Crippen LogP contribution is -2.09. The second-order valence-corrected chi connectivity index (χ2v) is 5.67. The summed E-state index contributed by atoms with van der Waals surface area (Å²) in [6, 6.07) is 8.25. The maximum atomic E-state index is 11.8. The summed E-state index contributed by atoms with van der Waals surface area (Å²) in [5.41, 5.74) is 0.538. The van der Waals surface area contributed by atoms with Crippen LogP contribution in [0.15, 0.2) is 46.3 Å². The van der Waals surface area contributed by atoms with Crippen LogP contribution >= 0.6 is 27.3 Å². The predicted octanol–water partition coefficient (Wildman–Crippen LogP) is 3.86. The Kier molecular flexibility index (Phi) is 4.70. The lowest BCUT2D eigenvalue weighted by molar-refractivity contribution is -0.111. The summed E-state index contributed by atoms with van der Waals surface area (Å²) < 4.78 is 0.625. The van der Waals surface area contributed by atoms with Gasteiger partial charge in [-0.2, -0.15) is 0 Å². The minimum Gasteiger partial charge on any atom is -0.478 e. The van der Waals surface area contributed by atoms with Crippen LogP contribution in [0.4, 0.5) is 5.69 Å². The van der Waals surface area contributed by atoms with Gasteiger partial charge in [0.25, 0.3) is 0 Å². The van der Waals surface area contributed by atoms with E-state index in [9.17, 15) is 9.59 Å². The highest BCUT2D eigenvalue weighted by Gasteiger charge is 2.08. The van der Waals surface area contributed by atoms with Gasteiger partial charge in [-0.25, -0.2) is 4.79 Å². The quantitative estimate of drug-likeness (QED) is 0.821. The van der Waals surface area contributed by atoms with Crippen LogP contribution in [-0.4, -0.2) is 17.0 Å². The van der Waals surface area contributed by atoms with E-state index in [4.69, 9.17) is 5.11 Å². The van der Waals surface area contributed by atoms with Crippen LogP contribution in [0.5, 0.6) is 0 Å². The molecule has 0 aliphatic rings. The zero-order valence-electron chi connectivity index (χ0n) is 10.2. The molecule has 0 aliphatic carbocycles. The van der Waals surface area contributed by atoms with Crippen molar-refractivity contribution in [3.8, 4) is 0 Å². The molecule has 0 saturated heterocycles. The first-order chi connectivity index (χ1) is 9.56. The van der Waals surface area contributed by atoms with Crippen molar-refractivity contribution in [1.82, 2.24) is 0 Å². The fourth-order valence-corrected chi connectivity index (χ4v) is 2.44. The number of benzene rings is 1. The summed E-state index contributed by atoms with van der Waals surface area (Å²) in [6.07, 6.45) is 3.11. The van der Waals surface area contributed by atoms with Gasteiger partial charge in [0.1, 0.15) is 0 Å². The number of carboxylic acids is 1. The number of thiophene rings is 1. The molecule has 1 aromatic carbocycles. The third kappa shape index (κ3) is 3.79. The standard InChI is InChI=1S/C14H10BrNO3S/c15-11-5-3-9(14(18)19)8-12(11)16-13(17)6-4-10-2-1-7-20-10/h1-8H,(H,16,17)(H,18,19)/b6-4+. The maximum Gasteiger partial charge on any atom is 0.335 e. The molecule has 1 aromatic heterocycles. The highest BCUT2D eigenvalue weighted by Crippen LogP contribution is 2.23. The zero-order valence-corrected chi connectivity index (χ0v) is 12.6. The summed E-state index contributed by atoms with van der Waals surface area (Å²) in [6.45, 7) is 0. The Morgan fingerprint density at radius 3 is 2.75 bits per heavy atom. The van der Waals surface area contributed by atoms with Gasteiger partial charge in [0, 0.05) is 15.4 Å². The summed E-state index contributed by atoms with van der Waals surface area (Å²) >= 11 is 4.80. The molecule has 0 aliphatic heterocycles. The van der Waals surface area contributed by atoms with Crippen LogP contribution < -0.4 is 5.32 Å². The van der Waals surface area contributed by atoms with E-state index in [1.54, 1.807) is 12.1 Å². The minimum atomic E-state index is -1.04. The van der Waals surface area contributed by atoms with Crippen molar-refractivity contribution in [2.45, 2.75) is 0 Å². The second-order valence-electron chi connectivity index (χ2n) is 3.84. The molecule has 0 spiro atoms. The molecule has 20 heavy (non-hydrogen) atoms. The Hall–Kier alpha value is -1.92. The SMILES string of the molecule is O=C(/C=C/c1cccs1)Nc1cc(C(=O)O)ccc1Br. The number of hydrogen-bond acceptors (Lipinski definition) is 3. The van der Waals surface area contributed by atoms with Crippen molar-refractivity contribution in [3.05, 3.63) is 56.7 Å². The lowest BCUT2D eigenvalue weighted by atomic mass is 10.2. The van der Waals surface area contributed by atoms with E-state index in [-0.39, 0.29) is 11.5 Å². The molecule has 0 bridgehead atoms. The van der Waals surface area contributed by atoms with Crippen LogP contribution in [-0.2, 0) is 4.79 Å². The highest BCUT2D eigenvalue weighted by molar-refractivity contribution is 9.10. The van der Waals surface area contributed by atoms with Gasteiger partial charge < -0.3 is 10.4 Å². The minimum absolute atomic E-state index is 0.116. The van der Waals surface area contributed by atoms with E-state index in [2.05, 4.69) is 21.2 Å². The van der Waals surface area contributed by atoms with E-state index in [0.717, 1.165) is 4.88 Å². The smallest absolute Gasteiger partial charge is 0.335 e. The second kappa shape index (κ2) is 6.49. The summed E-state index contributed by atoms with van der Waals surface area (Å²) in [5, 5.41) is 13.5. The largest absolute Gasteiger partial charge is 0.478 e. The van der Waals surface area contributed by atoms with Gasteiger partial charge >= 0.3 is 5.97 Å². The van der Waals surface area contributed by atoms with E-state index in [0.29, 0.717) is 10.2 Å². The number of hydrogen-bond donors (Lipinski definition) is 2. The monoisotopic (exact) mass is 351 g/mol. The average molecular weight is 352 g/mol. The van der Waals surface area contributed by atoms with Gasteiger partial charge in [0.2, 0.25) is 5.91 Å². The third-order valence-electron chi connectivity index (χ3n) is 2.41. The molecule has 2 rings (SSSR count). The normalized spacial score (nSPS) is 10.7. The van der Waals surface area contributed by atoms with Gasteiger partial charge in [-0.15, -0.1) is 11.3 Å². The molecule has 6 heteroatoms. The summed E-state index contributed by atoms with van der Waals surface area (Å²) in [5.74, 6) is -1.36. The molecule has 0 saturated carbocycles. The lowest BCUT2D eigenvalue weighted by Gasteiger charge is -2.06. The average Bonchev–Trinajstić information content (AvgIpc) is 2.92. The fourth-order valence-electron chi connectivity index (χ4n) is 1.47. The Morgan fingerprint density at radius 2 is 2.10 bits per heavy atom. The molecular weight excluding hydrogens is 342 g/mol. The number of amides is 1. The number of aromatic carboxylic acids is 1. The van der Waals surface area contributed by atoms with E-state index < -0.39 is 5.97 Å². The molecule has 2 aromatic rings. The van der Waals surface area contributed by atoms with E-state index in [1.807, 2.05) is 17.5 Å². The van der Waals surface area contributed by atoms with Crippen molar-refractivity contribution in [3.63, 3.8) is 0 Å². The first kappa shape index (κ1) is 14.5. The van der Waals surface area contributed by atoms with Crippen molar-refractivity contribution in [2.75, 3.05) is 5.32 Å². The van der Waals surface area contributed by atoms with Gasteiger partial charge in [-0.05, 0) is 51.7 Å². The molecule has 1 heterocycles. The first-order valence-electron chi connectivity index (χ1n) is 5.61. The van der Waals surface area contributed by atoms with Crippen LogP contribution in [0.25, 0.3) is 6.08 Å². The Morgan fingerprint density at radius 1 is 1.30 bits per heavy atom. The van der Waals surface area contributed by atoms with Gasteiger partial charge in [0.05, 0.1) is 11.3 Å². The number of nitrogens with one attached hydrogen (secondary N) is 1. The zero-order chi connectivity index (χ0) is 14.5. The highest BCUT2D eigenvalue weighted by atomic mass is 79.9. The fraction of sp³-hybridized carbons (Fsp3) is 0.